The molecule has 9 heteroatoms. The average Bonchev–Trinajstić information content (AvgIpc) is 2.33. The average molecular weight is 271 g/mol. The Morgan fingerprint density at radius 2 is 2.05 bits per heavy atom. The van der Waals surface area contributed by atoms with Crippen LogP contribution in [0, 0.1) is 15.9 Å². The van der Waals surface area contributed by atoms with Crippen molar-refractivity contribution in [2.45, 2.75) is 0 Å². The van der Waals surface area contributed by atoms with Gasteiger partial charge in [0, 0.05) is 0 Å². The van der Waals surface area contributed by atoms with E-state index in [2.05, 4.69) is 10.6 Å². The molecular weight excluding hydrogens is 261 g/mol. The van der Waals surface area contributed by atoms with Crippen molar-refractivity contribution in [2.24, 2.45) is 0 Å². The number of aliphatic carboxylic acids is 1. The van der Waals surface area contributed by atoms with Crippen LogP contribution in [-0.2, 0) is 9.59 Å². The predicted molar refractivity (Wildman–Crippen MR) is 62.2 cm³/mol. The molecule has 0 atom stereocenters. The highest BCUT2D eigenvalue weighted by molar-refractivity contribution is 5.84. The molecule has 0 aromatic heterocycles. The summed E-state index contributed by atoms with van der Waals surface area (Å²) in [6, 6.07) is 3.42. The molecule has 0 aliphatic rings. The second kappa shape index (κ2) is 6.28. The van der Waals surface area contributed by atoms with E-state index in [-0.39, 0.29) is 5.69 Å². The Balaban J connectivity index is 2.68. The molecule has 0 saturated heterocycles. The van der Waals surface area contributed by atoms with Crippen molar-refractivity contribution in [3.8, 4) is 0 Å². The highest BCUT2D eigenvalue weighted by Gasteiger charge is 2.19. The van der Waals surface area contributed by atoms with Crippen molar-refractivity contribution in [1.82, 2.24) is 5.32 Å². The van der Waals surface area contributed by atoms with Crippen LogP contribution in [0.3, 0.4) is 0 Å². The number of amides is 1. The number of carboxylic acids is 1. The molecule has 1 aromatic carbocycles. The van der Waals surface area contributed by atoms with Crippen LogP contribution in [0.25, 0.3) is 0 Å². The Morgan fingerprint density at radius 3 is 2.63 bits per heavy atom. The minimum absolute atomic E-state index is 0.157. The number of nitro benzene ring substituents is 1. The molecule has 8 nitrogen and oxygen atoms in total. The molecule has 0 saturated carbocycles. The van der Waals surface area contributed by atoms with Gasteiger partial charge < -0.3 is 15.7 Å². The van der Waals surface area contributed by atoms with Crippen molar-refractivity contribution in [1.29, 1.82) is 0 Å². The summed E-state index contributed by atoms with van der Waals surface area (Å²) < 4.78 is 13.2. The molecule has 102 valence electrons. The van der Waals surface area contributed by atoms with Crippen molar-refractivity contribution < 1.29 is 24.0 Å². The third kappa shape index (κ3) is 4.22. The topological polar surface area (TPSA) is 122 Å². The van der Waals surface area contributed by atoms with Crippen molar-refractivity contribution in [3.05, 3.63) is 34.1 Å². The first kappa shape index (κ1) is 14.4. The maximum atomic E-state index is 13.2. The zero-order valence-electron chi connectivity index (χ0n) is 9.55. The summed E-state index contributed by atoms with van der Waals surface area (Å²) in [4.78, 5) is 31.1. The van der Waals surface area contributed by atoms with Crippen LogP contribution >= 0.6 is 0 Å². The van der Waals surface area contributed by atoms with Gasteiger partial charge in [-0.1, -0.05) is 6.07 Å². The van der Waals surface area contributed by atoms with Gasteiger partial charge in [-0.25, -0.2) is 0 Å². The second-order valence-corrected chi connectivity index (χ2v) is 3.42. The van der Waals surface area contributed by atoms with E-state index < -0.39 is 41.4 Å². The lowest BCUT2D eigenvalue weighted by Gasteiger charge is -2.07. The van der Waals surface area contributed by atoms with Crippen LogP contribution in [0.4, 0.5) is 15.8 Å². The summed E-state index contributed by atoms with van der Waals surface area (Å²) in [5.74, 6) is -2.92. The predicted octanol–water partition coefficient (Wildman–Crippen LogP) is 0.347. The number of nitrogens with zero attached hydrogens (tertiary/aromatic N) is 1. The SMILES string of the molecule is O=C(O)CNC(=O)CNc1cccc(F)c1[N+](=O)[O-]. The molecule has 1 rings (SSSR count). The molecule has 0 heterocycles. The fourth-order valence-corrected chi connectivity index (χ4v) is 1.26. The number of benzene rings is 1. The highest BCUT2D eigenvalue weighted by atomic mass is 19.1. The van der Waals surface area contributed by atoms with Crippen molar-refractivity contribution in [2.75, 3.05) is 18.4 Å². The second-order valence-electron chi connectivity index (χ2n) is 3.42. The number of hydrogen-bond donors (Lipinski definition) is 3. The first-order valence-corrected chi connectivity index (χ1v) is 5.07. The summed E-state index contributed by atoms with van der Waals surface area (Å²) in [6.07, 6.45) is 0. The summed E-state index contributed by atoms with van der Waals surface area (Å²) in [5, 5.41) is 23.4. The van der Waals surface area contributed by atoms with E-state index in [0.29, 0.717) is 0 Å². The zero-order valence-corrected chi connectivity index (χ0v) is 9.55. The van der Waals surface area contributed by atoms with Gasteiger partial charge in [0.15, 0.2) is 0 Å². The van der Waals surface area contributed by atoms with Crippen LogP contribution in [0.1, 0.15) is 0 Å². The number of carbonyl (C=O) groups is 2. The Bertz CT molecular complexity index is 520. The highest BCUT2D eigenvalue weighted by Crippen LogP contribution is 2.26. The lowest BCUT2D eigenvalue weighted by molar-refractivity contribution is -0.386. The first-order valence-electron chi connectivity index (χ1n) is 5.07. The maximum Gasteiger partial charge on any atom is 0.327 e. The third-order valence-corrected chi connectivity index (χ3v) is 2.05. The Kier molecular flexibility index (Phi) is 4.75. The number of rotatable bonds is 6. The van der Waals surface area contributed by atoms with Gasteiger partial charge in [0.1, 0.15) is 12.2 Å². The van der Waals surface area contributed by atoms with Gasteiger partial charge in [0.2, 0.25) is 11.7 Å². The van der Waals surface area contributed by atoms with Gasteiger partial charge in [-0.3, -0.25) is 19.7 Å². The summed E-state index contributed by atoms with van der Waals surface area (Å²) in [6.45, 7) is -0.969. The number of carboxylic acid groups (broad SMARTS) is 1. The van der Waals surface area contributed by atoms with Gasteiger partial charge in [0.25, 0.3) is 0 Å². The molecule has 0 unspecified atom stereocenters. The summed E-state index contributed by atoms with van der Waals surface area (Å²) in [7, 11) is 0. The maximum absolute atomic E-state index is 13.2. The van der Waals surface area contributed by atoms with Gasteiger partial charge in [-0.05, 0) is 12.1 Å². The van der Waals surface area contributed by atoms with E-state index in [1.165, 1.54) is 12.1 Å². The Hall–Kier alpha value is -2.71. The Morgan fingerprint density at radius 1 is 1.37 bits per heavy atom. The molecule has 3 N–H and O–H groups in total. The number of nitrogens with one attached hydrogen (secondary N) is 2. The number of halogens is 1. The largest absolute Gasteiger partial charge is 0.480 e. The number of carbonyl (C=O) groups excluding carboxylic acids is 1. The fourth-order valence-electron chi connectivity index (χ4n) is 1.26. The standard InChI is InChI=1S/C10H10FN3O5/c11-6-2-1-3-7(10(6)14(18)19)12-4-8(15)13-5-9(16)17/h1-3,12H,4-5H2,(H,13,15)(H,16,17). The molecule has 0 bridgehead atoms. The number of nitro groups is 1. The summed E-state index contributed by atoms with van der Waals surface area (Å²) in [5.41, 5.74) is -0.927. The minimum atomic E-state index is -1.22. The third-order valence-electron chi connectivity index (χ3n) is 2.05. The van der Waals surface area contributed by atoms with Crippen molar-refractivity contribution in [3.63, 3.8) is 0 Å². The number of anilines is 1. The molecule has 0 radical (unpaired) electrons. The zero-order chi connectivity index (χ0) is 14.4. The van der Waals surface area contributed by atoms with Crippen LogP contribution in [0.2, 0.25) is 0 Å². The monoisotopic (exact) mass is 271 g/mol. The van der Waals surface area contributed by atoms with Gasteiger partial charge >= 0.3 is 11.7 Å². The quantitative estimate of drug-likeness (QED) is 0.507. The number of hydrogen-bond acceptors (Lipinski definition) is 5. The molecule has 0 aliphatic carbocycles. The lowest BCUT2D eigenvalue weighted by atomic mass is 10.2. The van der Waals surface area contributed by atoms with Crippen LogP contribution in [0.5, 0.6) is 0 Å². The minimum Gasteiger partial charge on any atom is -0.480 e. The van der Waals surface area contributed by atoms with Crippen LogP contribution in [-0.4, -0.2) is 35.0 Å². The van der Waals surface area contributed by atoms with E-state index in [1.807, 2.05) is 0 Å². The molecular formula is C10H10FN3O5. The fraction of sp³-hybridized carbons (Fsp3) is 0.200. The molecule has 1 amide bonds. The van der Waals surface area contributed by atoms with Crippen molar-refractivity contribution >= 4 is 23.3 Å². The van der Waals surface area contributed by atoms with Gasteiger partial charge in [0.05, 0.1) is 11.5 Å². The normalized spacial score (nSPS) is 9.74. The van der Waals surface area contributed by atoms with Gasteiger partial charge in [-0.2, -0.15) is 4.39 Å². The molecule has 0 fully saturated rings. The van der Waals surface area contributed by atoms with E-state index in [0.717, 1.165) is 6.07 Å². The van der Waals surface area contributed by atoms with E-state index in [4.69, 9.17) is 5.11 Å². The Labute approximate surface area is 106 Å². The van der Waals surface area contributed by atoms with Crippen LogP contribution in [0.15, 0.2) is 18.2 Å². The lowest BCUT2D eigenvalue weighted by Crippen LogP contribution is -2.33. The van der Waals surface area contributed by atoms with E-state index >= 15 is 0 Å². The smallest absolute Gasteiger partial charge is 0.327 e. The molecule has 19 heavy (non-hydrogen) atoms. The van der Waals surface area contributed by atoms with Crippen LogP contribution < -0.4 is 10.6 Å². The van der Waals surface area contributed by atoms with Gasteiger partial charge in [-0.15, -0.1) is 0 Å². The molecule has 0 aliphatic heterocycles. The van der Waals surface area contributed by atoms with E-state index in [9.17, 15) is 24.1 Å². The summed E-state index contributed by atoms with van der Waals surface area (Å²) >= 11 is 0. The molecule has 1 aromatic rings. The number of para-hydroxylation sites is 1. The van der Waals surface area contributed by atoms with E-state index in [1.54, 1.807) is 0 Å². The first-order chi connectivity index (χ1) is 8.91. The molecule has 0 spiro atoms.